The second-order valence-electron chi connectivity index (χ2n) is 3.35. The van der Waals surface area contributed by atoms with Crippen molar-refractivity contribution in [1.82, 2.24) is 0 Å². The maximum absolute atomic E-state index is 5.74. The van der Waals surface area contributed by atoms with Crippen molar-refractivity contribution in [2.24, 2.45) is 0 Å². The number of fused-ring (bicyclic) bond motifs is 1. The molecule has 2 nitrogen and oxygen atoms in total. The Kier molecular flexibility index (Phi) is 1.43. The maximum atomic E-state index is 5.74. The van der Waals surface area contributed by atoms with Gasteiger partial charge in [0, 0.05) is 5.56 Å². The van der Waals surface area contributed by atoms with Crippen LogP contribution >= 0.6 is 0 Å². The van der Waals surface area contributed by atoms with Crippen molar-refractivity contribution >= 4 is 6.08 Å². The molecule has 0 saturated carbocycles. The van der Waals surface area contributed by atoms with Gasteiger partial charge in [-0.25, -0.2) is 0 Å². The van der Waals surface area contributed by atoms with E-state index in [-0.39, 0.29) is 12.2 Å². The van der Waals surface area contributed by atoms with E-state index in [1.54, 1.807) is 0 Å². The number of hydrogen-bond acceptors (Lipinski definition) is 2. The number of para-hydroxylation sites is 1. The Morgan fingerprint density at radius 1 is 1.23 bits per heavy atom. The minimum absolute atomic E-state index is 0.120. The Balaban J connectivity index is 1.93. The maximum Gasteiger partial charge on any atom is 0.146 e. The molecule has 3 rings (SSSR count). The van der Waals surface area contributed by atoms with Crippen LogP contribution in [0.4, 0.5) is 0 Å². The second-order valence-corrected chi connectivity index (χ2v) is 3.35. The summed E-state index contributed by atoms with van der Waals surface area (Å²) in [5.41, 5.74) is 1.15. The third-order valence-electron chi connectivity index (χ3n) is 2.37. The molecule has 2 aliphatic heterocycles. The van der Waals surface area contributed by atoms with Crippen LogP contribution in [0.15, 0.2) is 30.3 Å². The average Bonchev–Trinajstić information content (AvgIpc) is 3.00. The van der Waals surface area contributed by atoms with E-state index in [0.717, 1.165) is 17.9 Å². The Hall–Kier alpha value is -1.28. The van der Waals surface area contributed by atoms with Gasteiger partial charge in [-0.3, -0.25) is 0 Å². The summed E-state index contributed by atoms with van der Waals surface area (Å²) >= 11 is 0. The standard InChI is InChI=1S/C11H10O2/c1-2-4-9-8(3-1)5-6-10(13-9)11-7-12-11/h1-6,10-11H,7H2/t10?,11-/m1/s1. The molecule has 13 heavy (non-hydrogen) atoms. The van der Waals surface area contributed by atoms with Gasteiger partial charge in [0.25, 0.3) is 0 Å². The van der Waals surface area contributed by atoms with Gasteiger partial charge in [0.2, 0.25) is 0 Å². The van der Waals surface area contributed by atoms with Gasteiger partial charge in [0.15, 0.2) is 0 Å². The fourth-order valence-electron chi connectivity index (χ4n) is 1.56. The van der Waals surface area contributed by atoms with Crippen molar-refractivity contribution in [1.29, 1.82) is 0 Å². The fraction of sp³-hybridized carbons (Fsp3) is 0.273. The van der Waals surface area contributed by atoms with Gasteiger partial charge in [-0.2, -0.15) is 0 Å². The van der Waals surface area contributed by atoms with Gasteiger partial charge in [-0.1, -0.05) is 24.3 Å². The summed E-state index contributed by atoms with van der Waals surface area (Å²) in [4.78, 5) is 0. The van der Waals surface area contributed by atoms with Crippen LogP contribution in [0, 0.1) is 0 Å². The minimum atomic E-state index is 0.120. The third-order valence-corrected chi connectivity index (χ3v) is 2.37. The third kappa shape index (κ3) is 1.23. The molecule has 2 atom stereocenters. The Labute approximate surface area is 76.8 Å². The van der Waals surface area contributed by atoms with Crippen LogP contribution in [0.2, 0.25) is 0 Å². The summed E-state index contributed by atoms with van der Waals surface area (Å²) in [5.74, 6) is 0.963. The Morgan fingerprint density at radius 2 is 2.08 bits per heavy atom. The van der Waals surface area contributed by atoms with E-state index in [0.29, 0.717) is 0 Å². The largest absolute Gasteiger partial charge is 0.483 e. The molecular weight excluding hydrogens is 164 g/mol. The van der Waals surface area contributed by atoms with Crippen LogP contribution in [0.5, 0.6) is 5.75 Å². The van der Waals surface area contributed by atoms with Crippen molar-refractivity contribution in [3.8, 4) is 5.75 Å². The van der Waals surface area contributed by atoms with Crippen LogP contribution in [0.3, 0.4) is 0 Å². The zero-order chi connectivity index (χ0) is 8.67. The van der Waals surface area contributed by atoms with E-state index in [4.69, 9.17) is 9.47 Å². The Morgan fingerprint density at radius 3 is 2.92 bits per heavy atom. The van der Waals surface area contributed by atoms with Gasteiger partial charge < -0.3 is 9.47 Å². The average molecular weight is 174 g/mol. The molecule has 0 amide bonds. The lowest BCUT2D eigenvalue weighted by molar-refractivity contribution is 0.198. The van der Waals surface area contributed by atoms with E-state index in [1.165, 1.54) is 0 Å². The van der Waals surface area contributed by atoms with Crippen LogP contribution in [-0.4, -0.2) is 18.8 Å². The minimum Gasteiger partial charge on any atom is -0.483 e. The first-order valence-corrected chi connectivity index (χ1v) is 4.49. The lowest BCUT2D eigenvalue weighted by Gasteiger charge is -2.19. The zero-order valence-electron chi connectivity index (χ0n) is 7.14. The first kappa shape index (κ1) is 7.15. The van der Waals surface area contributed by atoms with E-state index in [9.17, 15) is 0 Å². The summed E-state index contributed by atoms with van der Waals surface area (Å²) < 4.78 is 10.9. The normalized spacial score (nSPS) is 29.2. The molecule has 1 fully saturated rings. The lowest BCUT2D eigenvalue weighted by Crippen LogP contribution is -2.22. The summed E-state index contributed by atoms with van der Waals surface area (Å²) in [5, 5.41) is 0. The van der Waals surface area contributed by atoms with Crippen LogP contribution in [-0.2, 0) is 4.74 Å². The first-order chi connectivity index (χ1) is 6.43. The molecule has 0 aliphatic carbocycles. The summed E-state index contributed by atoms with van der Waals surface area (Å²) in [7, 11) is 0. The van der Waals surface area contributed by atoms with Crippen LogP contribution in [0.25, 0.3) is 6.08 Å². The topological polar surface area (TPSA) is 21.8 Å². The smallest absolute Gasteiger partial charge is 0.146 e. The highest BCUT2D eigenvalue weighted by Crippen LogP contribution is 2.29. The number of epoxide rings is 1. The molecule has 0 spiro atoms. The highest BCUT2D eigenvalue weighted by molar-refractivity contribution is 5.59. The molecule has 2 heterocycles. The molecule has 2 heteroatoms. The molecule has 0 N–H and O–H groups in total. The monoisotopic (exact) mass is 174 g/mol. The predicted octanol–water partition coefficient (Wildman–Crippen LogP) is 1.86. The molecule has 1 saturated heterocycles. The molecule has 1 unspecified atom stereocenters. The SMILES string of the molecule is C1=CC([C@H]2CO2)Oc2ccccc21. The second kappa shape index (κ2) is 2.60. The molecule has 1 aromatic carbocycles. The van der Waals surface area contributed by atoms with Crippen molar-refractivity contribution in [3.05, 3.63) is 35.9 Å². The van der Waals surface area contributed by atoms with Gasteiger partial charge in [-0.15, -0.1) is 0 Å². The van der Waals surface area contributed by atoms with Crippen molar-refractivity contribution in [2.45, 2.75) is 12.2 Å². The van der Waals surface area contributed by atoms with Gasteiger partial charge in [-0.05, 0) is 12.1 Å². The van der Waals surface area contributed by atoms with Gasteiger partial charge in [0.1, 0.15) is 18.0 Å². The number of ether oxygens (including phenoxy) is 2. The highest BCUT2D eigenvalue weighted by atomic mass is 16.6. The summed E-state index contributed by atoms with van der Waals surface area (Å²) in [6, 6.07) is 8.05. The van der Waals surface area contributed by atoms with Crippen LogP contribution in [0.1, 0.15) is 5.56 Å². The lowest BCUT2D eigenvalue weighted by atomic mass is 10.1. The summed E-state index contributed by atoms with van der Waals surface area (Å²) in [6.45, 7) is 0.831. The van der Waals surface area contributed by atoms with Gasteiger partial charge in [0.05, 0.1) is 6.61 Å². The number of hydrogen-bond donors (Lipinski definition) is 0. The number of rotatable bonds is 1. The van der Waals surface area contributed by atoms with Crippen molar-refractivity contribution < 1.29 is 9.47 Å². The number of benzene rings is 1. The van der Waals surface area contributed by atoms with Crippen LogP contribution < -0.4 is 4.74 Å². The van der Waals surface area contributed by atoms with E-state index < -0.39 is 0 Å². The molecule has 66 valence electrons. The predicted molar refractivity (Wildman–Crippen MR) is 49.6 cm³/mol. The van der Waals surface area contributed by atoms with Crippen molar-refractivity contribution in [2.75, 3.05) is 6.61 Å². The molecule has 0 bridgehead atoms. The highest BCUT2D eigenvalue weighted by Gasteiger charge is 2.34. The Bertz CT molecular complexity index is 353. The molecule has 2 aliphatic rings. The molecule has 0 aromatic heterocycles. The quantitative estimate of drug-likeness (QED) is 0.606. The fourth-order valence-corrected chi connectivity index (χ4v) is 1.56. The molecular formula is C11H10O2. The van der Waals surface area contributed by atoms with E-state index in [2.05, 4.69) is 18.2 Å². The van der Waals surface area contributed by atoms with Crippen molar-refractivity contribution in [3.63, 3.8) is 0 Å². The molecule has 1 aromatic rings. The molecule has 0 radical (unpaired) electrons. The summed E-state index contributed by atoms with van der Waals surface area (Å²) in [6.07, 6.45) is 4.57. The zero-order valence-corrected chi connectivity index (χ0v) is 7.14. The van der Waals surface area contributed by atoms with E-state index >= 15 is 0 Å². The first-order valence-electron chi connectivity index (χ1n) is 4.49. The van der Waals surface area contributed by atoms with Gasteiger partial charge >= 0.3 is 0 Å². The van der Waals surface area contributed by atoms with E-state index in [1.807, 2.05) is 18.2 Å².